The van der Waals surface area contributed by atoms with E-state index in [1.54, 1.807) is 11.3 Å². The molecule has 0 aromatic carbocycles. The molecular weight excluding hydrogens is 298 g/mol. The van der Waals surface area contributed by atoms with Crippen LogP contribution in [0.5, 0.6) is 0 Å². The van der Waals surface area contributed by atoms with E-state index in [1.165, 1.54) is 9.56 Å². The Morgan fingerprint density at radius 1 is 1.23 bits per heavy atom. The number of fused-ring (bicyclic) bond motifs is 3. The van der Waals surface area contributed by atoms with Gasteiger partial charge in [0, 0.05) is 10.3 Å². The quantitative estimate of drug-likeness (QED) is 0.730. The Kier molecular flexibility index (Phi) is 3.25. The van der Waals surface area contributed by atoms with E-state index in [2.05, 4.69) is 11.2 Å². The topological polar surface area (TPSA) is 56.4 Å². The Labute approximate surface area is 132 Å². The summed E-state index contributed by atoms with van der Waals surface area (Å²) in [6.07, 6.45) is 0. The summed E-state index contributed by atoms with van der Waals surface area (Å²) in [5, 5.41) is 4.34. The predicted molar refractivity (Wildman–Crippen MR) is 88.8 cm³/mol. The maximum Gasteiger partial charge on any atom is 0.291 e. The average Bonchev–Trinajstić information content (AvgIpc) is 2.90. The van der Waals surface area contributed by atoms with Crippen molar-refractivity contribution in [1.82, 2.24) is 14.2 Å². The molecule has 5 nitrogen and oxygen atoms in total. The molecule has 0 bridgehead atoms. The molecule has 3 aromatic rings. The van der Waals surface area contributed by atoms with Crippen molar-refractivity contribution < 1.29 is 4.79 Å². The number of carbonyl (C=O) groups is 1. The number of hydrogen-bond acceptors (Lipinski definition) is 4. The molecule has 0 N–H and O–H groups in total. The zero-order chi connectivity index (χ0) is 16.2. The SMILES string of the molecule is Cc1cc2c(cc3c(=O)n(CC(=O)C(C)(C)C)nc(C)n32)s1. The lowest BCUT2D eigenvalue weighted by Gasteiger charge is -2.17. The summed E-state index contributed by atoms with van der Waals surface area (Å²) in [5.74, 6) is 0.708. The normalized spacial score (nSPS) is 12.4. The standard InChI is InChI=1S/C16H19N3O2S/c1-9-6-11-13(22-9)7-12-15(21)18(17-10(2)19(11)12)8-14(20)16(3,4)5/h6-7H,8H2,1-5H3. The summed E-state index contributed by atoms with van der Waals surface area (Å²) >= 11 is 1.66. The number of ketones is 1. The Morgan fingerprint density at radius 2 is 1.91 bits per heavy atom. The Hall–Kier alpha value is -1.95. The lowest BCUT2D eigenvalue weighted by atomic mass is 9.91. The first-order chi connectivity index (χ1) is 10.2. The minimum Gasteiger partial charge on any atom is -0.297 e. The van der Waals surface area contributed by atoms with E-state index in [-0.39, 0.29) is 17.9 Å². The highest BCUT2D eigenvalue weighted by Crippen LogP contribution is 2.28. The third-order valence-corrected chi connectivity index (χ3v) is 4.77. The van der Waals surface area contributed by atoms with E-state index in [4.69, 9.17) is 0 Å². The first-order valence-electron chi connectivity index (χ1n) is 7.21. The zero-order valence-corrected chi connectivity index (χ0v) is 14.2. The van der Waals surface area contributed by atoms with E-state index in [9.17, 15) is 9.59 Å². The van der Waals surface area contributed by atoms with Gasteiger partial charge in [0.25, 0.3) is 5.56 Å². The smallest absolute Gasteiger partial charge is 0.291 e. The van der Waals surface area contributed by atoms with Crippen LogP contribution in [0.25, 0.3) is 15.7 Å². The minimum atomic E-state index is -0.486. The first-order valence-corrected chi connectivity index (χ1v) is 8.03. The van der Waals surface area contributed by atoms with E-state index in [1.807, 2.05) is 45.1 Å². The fourth-order valence-electron chi connectivity index (χ4n) is 2.50. The van der Waals surface area contributed by atoms with Crippen molar-refractivity contribution in [2.24, 2.45) is 5.41 Å². The summed E-state index contributed by atoms with van der Waals surface area (Å²) in [6, 6.07) is 3.95. The minimum absolute atomic E-state index is 0.00457. The zero-order valence-electron chi connectivity index (χ0n) is 13.4. The molecule has 3 aromatic heterocycles. The average molecular weight is 317 g/mol. The molecule has 3 heterocycles. The maximum atomic E-state index is 12.6. The number of Topliss-reactive ketones (excluding diaryl/α,β-unsaturated/α-hetero) is 1. The number of aromatic nitrogens is 3. The molecule has 0 unspecified atom stereocenters. The molecule has 6 heteroatoms. The highest BCUT2D eigenvalue weighted by molar-refractivity contribution is 7.19. The van der Waals surface area contributed by atoms with Crippen molar-refractivity contribution in [1.29, 1.82) is 0 Å². The van der Waals surface area contributed by atoms with Crippen LogP contribution >= 0.6 is 11.3 Å². The lowest BCUT2D eigenvalue weighted by molar-refractivity contribution is -0.127. The van der Waals surface area contributed by atoms with Gasteiger partial charge in [-0.25, -0.2) is 4.68 Å². The van der Waals surface area contributed by atoms with Gasteiger partial charge in [-0.3, -0.25) is 14.0 Å². The predicted octanol–water partition coefficient (Wildman–Crippen LogP) is 2.94. The van der Waals surface area contributed by atoms with Crippen LogP contribution in [0.15, 0.2) is 16.9 Å². The van der Waals surface area contributed by atoms with Gasteiger partial charge in [0.1, 0.15) is 17.9 Å². The lowest BCUT2D eigenvalue weighted by Crippen LogP contribution is -2.33. The van der Waals surface area contributed by atoms with Crippen molar-refractivity contribution in [3.8, 4) is 0 Å². The van der Waals surface area contributed by atoms with Gasteiger partial charge >= 0.3 is 0 Å². The van der Waals surface area contributed by atoms with E-state index < -0.39 is 5.41 Å². The third kappa shape index (κ3) is 2.27. The number of nitrogens with zero attached hydrogens (tertiary/aromatic N) is 3. The van der Waals surface area contributed by atoms with E-state index >= 15 is 0 Å². The van der Waals surface area contributed by atoms with Crippen LogP contribution in [0.3, 0.4) is 0 Å². The van der Waals surface area contributed by atoms with Gasteiger partial charge in [-0.05, 0) is 26.0 Å². The highest BCUT2D eigenvalue weighted by Gasteiger charge is 2.23. The molecule has 0 aliphatic carbocycles. The fraction of sp³-hybridized carbons (Fsp3) is 0.438. The Morgan fingerprint density at radius 3 is 2.55 bits per heavy atom. The first kappa shape index (κ1) is 15.0. The molecule has 116 valence electrons. The second-order valence-electron chi connectivity index (χ2n) is 6.65. The van der Waals surface area contributed by atoms with Gasteiger partial charge < -0.3 is 0 Å². The maximum absolute atomic E-state index is 12.6. The van der Waals surface area contributed by atoms with Crippen LogP contribution in [0.1, 0.15) is 31.5 Å². The molecule has 0 amide bonds. The number of carbonyl (C=O) groups excluding carboxylic acids is 1. The summed E-state index contributed by atoms with van der Waals surface area (Å²) in [5.41, 5.74) is 0.884. The van der Waals surface area contributed by atoms with Crippen molar-refractivity contribution in [2.75, 3.05) is 0 Å². The molecule has 0 aliphatic rings. The van der Waals surface area contributed by atoms with Gasteiger partial charge in [0.05, 0.1) is 10.2 Å². The van der Waals surface area contributed by atoms with Gasteiger partial charge in [-0.15, -0.1) is 11.3 Å². The number of rotatable bonds is 2. The monoisotopic (exact) mass is 317 g/mol. The molecule has 3 rings (SSSR count). The van der Waals surface area contributed by atoms with E-state index in [0.29, 0.717) is 11.3 Å². The van der Waals surface area contributed by atoms with Gasteiger partial charge in [-0.1, -0.05) is 20.8 Å². The van der Waals surface area contributed by atoms with Gasteiger partial charge in [-0.2, -0.15) is 5.10 Å². The van der Waals surface area contributed by atoms with Crippen molar-refractivity contribution >= 4 is 32.9 Å². The molecule has 0 atom stereocenters. The number of aryl methyl sites for hydroxylation is 2. The van der Waals surface area contributed by atoms with Crippen LogP contribution in [0, 0.1) is 19.3 Å². The van der Waals surface area contributed by atoms with Gasteiger partial charge in [0.2, 0.25) is 0 Å². The van der Waals surface area contributed by atoms with Crippen molar-refractivity contribution in [3.63, 3.8) is 0 Å². The molecule has 0 aliphatic heterocycles. The second-order valence-corrected chi connectivity index (χ2v) is 7.94. The third-order valence-electron chi connectivity index (χ3n) is 3.79. The molecule has 0 radical (unpaired) electrons. The fourth-order valence-corrected chi connectivity index (χ4v) is 3.44. The summed E-state index contributed by atoms with van der Waals surface area (Å²) < 4.78 is 4.23. The van der Waals surface area contributed by atoms with Crippen molar-refractivity contribution in [2.45, 2.75) is 41.2 Å². The summed E-state index contributed by atoms with van der Waals surface area (Å²) in [7, 11) is 0. The molecule has 0 fully saturated rings. The summed E-state index contributed by atoms with van der Waals surface area (Å²) in [6.45, 7) is 9.46. The van der Waals surface area contributed by atoms with Crippen molar-refractivity contribution in [3.05, 3.63) is 33.2 Å². The van der Waals surface area contributed by atoms with E-state index in [0.717, 1.165) is 10.2 Å². The Bertz CT molecular complexity index is 954. The second kappa shape index (κ2) is 4.78. The molecule has 22 heavy (non-hydrogen) atoms. The summed E-state index contributed by atoms with van der Waals surface area (Å²) in [4.78, 5) is 26.0. The number of thiophene rings is 1. The highest BCUT2D eigenvalue weighted by atomic mass is 32.1. The Balaban J connectivity index is 2.21. The molecule has 0 saturated carbocycles. The van der Waals surface area contributed by atoms with Gasteiger partial charge in [0.15, 0.2) is 5.78 Å². The number of hydrogen-bond donors (Lipinski definition) is 0. The van der Waals surface area contributed by atoms with Crippen LogP contribution < -0.4 is 5.56 Å². The van der Waals surface area contributed by atoms with Crippen LogP contribution in [0.4, 0.5) is 0 Å². The van der Waals surface area contributed by atoms with Crippen LogP contribution in [-0.4, -0.2) is 20.0 Å². The van der Waals surface area contributed by atoms with Crippen LogP contribution in [0.2, 0.25) is 0 Å². The molecular formula is C16H19N3O2S. The largest absolute Gasteiger partial charge is 0.297 e. The molecule has 0 spiro atoms. The molecule has 0 saturated heterocycles. The van der Waals surface area contributed by atoms with Crippen LogP contribution in [-0.2, 0) is 11.3 Å².